The number of ether oxygens (including phenoxy) is 1. The number of aromatic hydroxyl groups is 1. The van der Waals surface area contributed by atoms with E-state index in [1.54, 1.807) is 25.3 Å². The molecular weight excluding hydrogens is 256 g/mol. The summed E-state index contributed by atoms with van der Waals surface area (Å²) in [6, 6.07) is 13.4. The van der Waals surface area contributed by atoms with Crippen molar-refractivity contribution < 1.29 is 14.3 Å². The van der Waals surface area contributed by atoms with Gasteiger partial charge in [-0.25, -0.2) is 0 Å². The zero-order chi connectivity index (χ0) is 14.1. The standard InChI is InChI=1S/C16H12O4/c1-19-13-7-3-2-5-10(13)15-9-12(18)16-11(17)6-4-8-14(16)20-15/h2-9,17H,1H3. The summed E-state index contributed by atoms with van der Waals surface area (Å²) in [6.45, 7) is 0. The molecule has 0 unspecified atom stereocenters. The average Bonchev–Trinajstić information content (AvgIpc) is 2.47. The van der Waals surface area contributed by atoms with Crippen molar-refractivity contribution >= 4 is 11.0 Å². The maximum absolute atomic E-state index is 12.1. The molecule has 0 spiro atoms. The Hall–Kier alpha value is -2.75. The molecule has 4 nitrogen and oxygen atoms in total. The normalized spacial score (nSPS) is 10.7. The summed E-state index contributed by atoms with van der Waals surface area (Å²) in [7, 11) is 1.56. The molecule has 2 aromatic carbocycles. The van der Waals surface area contributed by atoms with Gasteiger partial charge in [-0.2, -0.15) is 0 Å². The molecular formula is C16H12O4. The zero-order valence-electron chi connectivity index (χ0n) is 10.8. The van der Waals surface area contributed by atoms with Crippen LogP contribution in [0.1, 0.15) is 0 Å². The van der Waals surface area contributed by atoms with Crippen LogP contribution in [0.3, 0.4) is 0 Å². The van der Waals surface area contributed by atoms with Crippen molar-refractivity contribution in [3.63, 3.8) is 0 Å². The lowest BCUT2D eigenvalue weighted by molar-refractivity contribution is 0.415. The van der Waals surface area contributed by atoms with Gasteiger partial charge in [-0.05, 0) is 24.3 Å². The van der Waals surface area contributed by atoms with E-state index >= 15 is 0 Å². The van der Waals surface area contributed by atoms with Gasteiger partial charge >= 0.3 is 0 Å². The second-order valence-electron chi connectivity index (χ2n) is 4.33. The number of fused-ring (bicyclic) bond motifs is 1. The van der Waals surface area contributed by atoms with E-state index in [4.69, 9.17) is 9.15 Å². The third-order valence-corrected chi connectivity index (χ3v) is 3.11. The second-order valence-corrected chi connectivity index (χ2v) is 4.33. The predicted octanol–water partition coefficient (Wildman–Crippen LogP) is 3.17. The maximum atomic E-state index is 12.1. The molecule has 0 saturated carbocycles. The van der Waals surface area contributed by atoms with Gasteiger partial charge in [0, 0.05) is 6.07 Å². The molecule has 0 aliphatic carbocycles. The van der Waals surface area contributed by atoms with Gasteiger partial charge in [-0.3, -0.25) is 4.79 Å². The minimum absolute atomic E-state index is 0.0807. The molecule has 0 radical (unpaired) electrons. The molecule has 0 bridgehead atoms. The minimum atomic E-state index is -0.287. The molecule has 100 valence electrons. The quantitative estimate of drug-likeness (QED) is 0.775. The van der Waals surface area contributed by atoms with Crippen molar-refractivity contribution in [3.05, 3.63) is 58.8 Å². The molecule has 1 aromatic heterocycles. The van der Waals surface area contributed by atoms with Crippen LogP contribution in [0.15, 0.2) is 57.7 Å². The molecule has 0 fully saturated rings. The Morgan fingerprint density at radius 3 is 2.70 bits per heavy atom. The molecule has 1 heterocycles. The minimum Gasteiger partial charge on any atom is -0.507 e. The molecule has 0 aliphatic rings. The molecule has 3 rings (SSSR count). The molecule has 20 heavy (non-hydrogen) atoms. The van der Waals surface area contributed by atoms with Crippen LogP contribution in [0, 0.1) is 0 Å². The van der Waals surface area contributed by atoms with E-state index in [0.717, 1.165) is 0 Å². The summed E-state index contributed by atoms with van der Waals surface area (Å²) in [5.41, 5.74) is 0.751. The molecule has 0 amide bonds. The SMILES string of the molecule is COc1ccccc1-c1cc(=O)c2c(O)cccc2o1. The van der Waals surface area contributed by atoms with Crippen molar-refractivity contribution in [2.75, 3.05) is 7.11 Å². The van der Waals surface area contributed by atoms with Gasteiger partial charge in [0.25, 0.3) is 0 Å². The number of hydrogen-bond acceptors (Lipinski definition) is 4. The Morgan fingerprint density at radius 1 is 1.10 bits per heavy atom. The van der Waals surface area contributed by atoms with Crippen molar-refractivity contribution in [3.8, 4) is 22.8 Å². The molecule has 1 N–H and O–H groups in total. The van der Waals surface area contributed by atoms with E-state index in [2.05, 4.69) is 0 Å². The van der Waals surface area contributed by atoms with Crippen molar-refractivity contribution in [1.29, 1.82) is 0 Å². The van der Waals surface area contributed by atoms with Crippen LogP contribution in [-0.4, -0.2) is 12.2 Å². The largest absolute Gasteiger partial charge is 0.507 e. The molecule has 4 heteroatoms. The summed E-state index contributed by atoms with van der Waals surface area (Å²) >= 11 is 0. The topological polar surface area (TPSA) is 59.7 Å². The summed E-state index contributed by atoms with van der Waals surface area (Å²) in [6.07, 6.45) is 0. The second kappa shape index (κ2) is 4.74. The van der Waals surface area contributed by atoms with Crippen LogP contribution in [0.25, 0.3) is 22.3 Å². The van der Waals surface area contributed by atoms with E-state index in [-0.39, 0.29) is 16.6 Å². The highest BCUT2D eigenvalue weighted by molar-refractivity contribution is 5.84. The molecule has 0 atom stereocenters. The van der Waals surface area contributed by atoms with E-state index in [0.29, 0.717) is 22.7 Å². The Bertz CT molecular complexity index is 833. The summed E-state index contributed by atoms with van der Waals surface area (Å²) in [5, 5.41) is 9.92. The predicted molar refractivity (Wildman–Crippen MR) is 76.1 cm³/mol. The lowest BCUT2D eigenvalue weighted by Gasteiger charge is -2.08. The van der Waals surface area contributed by atoms with Crippen LogP contribution in [0.4, 0.5) is 0 Å². The highest BCUT2D eigenvalue weighted by Crippen LogP contribution is 2.31. The van der Waals surface area contributed by atoms with E-state index in [9.17, 15) is 9.90 Å². The van der Waals surface area contributed by atoms with Crippen LogP contribution in [-0.2, 0) is 0 Å². The van der Waals surface area contributed by atoms with Crippen molar-refractivity contribution in [2.45, 2.75) is 0 Å². The van der Waals surface area contributed by atoms with Crippen LogP contribution < -0.4 is 10.2 Å². The number of hydrogen-bond donors (Lipinski definition) is 1. The summed E-state index contributed by atoms with van der Waals surface area (Å²) < 4.78 is 11.0. The Morgan fingerprint density at radius 2 is 1.90 bits per heavy atom. The maximum Gasteiger partial charge on any atom is 0.197 e. The highest BCUT2D eigenvalue weighted by Gasteiger charge is 2.12. The number of phenolic OH excluding ortho intramolecular Hbond substituents is 1. The number of methoxy groups -OCH3 is 1. The van der Waals surface area contributed by atoms with Crippen LogP contribution >= 0.6 is 0 Å². The fourth-order valence-electron chi connectivity index (χ4n) is 2.17. The van der Waals surface area contributed by atoms with Crippen LogP contribution in [0.5, 0.6) is 11.5 Å². The first-order chi connectivity index (χ1) is 9.70. The zero-order valence-corrected chi connectivity index (χ0v) is 10.8. The Kier molecular flexibility index (Phi) is 2.91. The number of benzene rings is 2. The molecule has 3 aromatic rings. The monoisotopic (exact) mass is 268 g/mol. The third-order valence-electron chi connectivity index (χ3n) is 3.11. The van der Waals surface area contributed by atoms with Gasteiger partial charge in [0.15, 0.2) is 5.43 Å². The first-order valence-electron chi connectivity index (χ1n) is 6.10. The van der Waals surface area contributed by atoms with Crippen LogP contribution in [0.2, 0.25) is 0 Å². The molecule has 0 aliphatic heterocycles. The number of phenols is 1. The Balaban J connectivity index is 2.31. The number of rotatable bonds is 2. The first kappa shape index (κ1) is 12.3. The lowest BCUT2D eigenvalue weighted by Crippen LogP contribution is -2.01. The summed E-state index contributed by atoms with van der Waals surface area (Å²) in [5.74, 6) is 0.948. The van der Waals surface area contributed by atoms with E-state index in [1.165, 1.54) is 12.1 Å². The number of para-hydroxylation sites is 1. The van der Waals surface area contributed by atoms with Gasteiger partial charge in [0.2, 0.25) is 0 Å². The smallest absolute Gasteiger partial charge is 0.197 e. The van der Waals surface area contributed by atoms with Gasteiger partial charge in [-0.15, -0.1) is 0 Å². The first-order valence-corrected chi connectivity index (χ1v) is 6.10. The highest BCUT2D eigenvalue weighted by atomic mass is 16.5. The lowest BCUT2D eigenvalue weighted by atomic mass is 10.1. The fraction of sp³-hybridized carbons (Fsp3) is 0.0625. The summed E-state index contributed by atoms with van der Waals surface area (Å²) in [4.78, 5) is 12.1. The van der Waals surface area contributed by atoms with E-state index in [1.807, 2.05) is 18.2 Å². The van der Waals surface area contributed by atoms with Gasteiger partial charge in [0.1, 0.15) is 28.2 Å². The molecule has 0 saturated heterocycles. The van der Waals surface area contributed by atoms with E-state index < -0.39 is 0 Å². The van der Waals surface area contributed by atoms with Gasteiger partial charge in [-0.1, -0.05) is 18.2 Å². The fourth-order valence-corrected chi connectivity index (χ4v) is 2.17. The van der Waals surface area contributed by atoms with Crippen molar-refractivity contribution in [2.24, 2.45) is 0 Å². The van der Waals surface area contributed by atoms with Crippen molar-refractivity contribution in [1.82, 2.24) is 0 Å². The Labute approximate surface area is 114 Å². The van der Waals surface area contributed by atoms with Gasteiger partial charge in [0.05, 0.1) is 12.7 Å². The third kappa shape index (κ3) is 1.91. The average molecular weight is 268 g/mol. The van der Waals surface area contributed by atoms with Gasteiger partial charge < -0.3 is 14.3 Å².